The Hall–Kier alpha value is -1.38. The number of rotatable bonds is 4. The number of benzene rings is 1. The van der Waals surface area contributed by atoms with Gasteiger partial charge in [-0.3, -0.25) is 0 Å². The van der Waals surface area contributed by atoms with Crippen molar-refractivity contribution in [2.75, 3.05) is 13.2 Å². The fourth-order valence-corrected chi connectivity index (χ4v) is 1.54. The first-order valence-corrected chi connectivity index (χ1v) is 5.56. The molecule has 1 heterocycles. The molecule has 1 aromatic rings. The molecule has 1 fully saturated rings. The molecule has 0 aromatic heterocycles. The van der Waals surface area contributed by atoms with Gasteiger partial charge in [0.25, 0.3) is 0 Å². The van der Waals surface area contributed by atoms with Gasteiger partial charge >= 0.3 is 0 Å². The van der Waals surface area contributed by atoms with Gasteiger partial charge in [0, 0.05) is 6.42 Å². The summed E-state index contributed by atoms with van der Waals surface area (Å²) in [5, 5.41) is 0. The summed E-state index contributed by atoms with van der Waals surface area (Å²) in [5.41, 5.74) is 1.21. The van der Waals surface area contributed by atoms with Crippen LogP contribution in [0.2, 0.25) is 0 Å². The van der Waals surface area contributed by atoms with Gasteiger partial charge in [-0.15, -0.1) is 0 Å². The first kappa shape index (κ1) is 11.1. The highest BCUT2D eigenvalue weighted by atomic mass is 16.7. The first-order chi connectivity index (χ1) is 7.95. The van der Waals surface area contributed by atoms with Crippen molar-refractivity contribution < 1.29 is 9.47 Å². The van der Waals surface area contributed by atoms with Gasteiger partial charge in [-0.25, -0.2) is 0 Å². The van der Waals surface area contributed by atoms with Crippen LogP contribution in [0.5, 0.6) is 0 Å². The van der Waals surface area contributed by atoms with E-state index in [1.165, 1.54) is 5.56 Å². The molecule has 2 heteroatoms. The van der Waals surface area contributed by atoms with E-state index < -0.39 is 0 Å². The van der Waals surface area contributed by atoms with Crippen molar-refractivity contribution in [1.82, 2.24) is 0 Å². The largest absolute Gasteiger partial charge is 0.350 e. The molecule has 1 aliphatic rings. The predicted octanol–water partition coefficient (Wildman–Crippen LogP) is 3.02. The van der Waals surface area contributed by atoms with E-state index in [2.05, 4.69) is 24.3 Å². The average Bonchev–Trinajstić information content (AvgIpc) is 2.83. The molecular weight excluding hydrogens is 200 g/mol. The highest BCUT2D eigenvalue weighted by molar-refractivity contribution is 5.50. The van der Waals surface area contributed by atoms with Gasteiger partial charge in [-0.1, -0.05) is 54.6 Å². The first-order valence-electron chi connectivity index (χ1n) is 5.56. The molecule has 0 atom stereocenters. The van der Waals surface area contributed by atoms with E-state index in [0.717, 1.165) is 19.6 Å². The topological polar surface area (TPSA) is 18.5 Å². The molecule has 2 nitrogen and oxygen atoms in total. The third-order valence-electron chi connectivity index (χ3n) is 2.35. The van der Waals surface area contributed by atoms with Gasteiger partial charge in [-0.2, -0.15) is 0 Å². The summed E-state index contributed by atoms with van der Waals surface area (Å²) in [4.78, 5) is 0. The predicted molar refractivity (Wildman–Crippen MR) is 64.9 cm³/mol. The SMILES string of the molecule is C(C=Cc1ccccc1)=CCC1OCCO1. The van der Waals surface area contributed by atoms with E-state index in [9.17, 15) is 0 Å². The maximum Gasteiger partial charge on any atom is 0.161 e. The zero-order valence-electron chi connectivity index (χ0n) is 9.21. The van der Waals surface area contributed by atoms with E-state index in [-0.39, 0.29) is 6.29 Å². The normalized spacial score (nSPS) is 17.8. The van der Waals surface area contributed by atoms with E-state index in [1.807, 2.05) is 30.4 Å². The molecule has 0 amide bonds. The molecule has 1 saturated heterocycles. The molecule has 0 radical (unpaired) electrons. The summed E-state index contributed by atoms with van der Waals surface area (Å²) >= 11 is 0. The van der Waals surface area contributed by atoms with Gasteiger partial charge in [0.2, 0.25) is 0 Å². The second-order valence-electron chi connectivity index (χ2n) is 3.60. The fraction of sp³-hybridized carbons (Fsp3) is 0.286. The molecule has 1 aromatic carbocycles. The van der Waals surface area contributed by atoms with Crippen LogP contribution in [0.25, 0.3) is 6.08 Å². The Morgan fingerprint density at radius 3 is 2.56 bits per heavy atom. The summed E-state index contributed by atoms with van der Waals surface area (Å²) in [6.07, 6.45) is 8.98. The van der Waals surface area contributed by atoms with Crippen LogP contribution in [-0.4, -0.2) is 19.5 Å². The Morgan fingerprint density at radius 2 is 1.81 bits per heavy atom. The van der Waals surface area contributed by atoms with E-state index >= 15 is 0 Å². The number of ether oxygens (including phenoxy) is 2. The van der Waals surface area contributed by atoms with Crippen LogP contribution in [0, 0.1) is 0 Å². The molecule has 16 heavy (non-hydrogen) atoms. The second kappa shape index (κ2) is 6.26. The van der Waals surface area contributed by atoms with Crippen LogP contribution in [0.15, 0.2) is 48.6 Å². The molecule has 0 unspecified atom stereocenters. The fourth-order valence-electron chi connectivity index (χ4n) is 1.54. The van der Waals surface area contributed by atoms with Crippen LogP contribution in [0.4, 0.5) is 0 Å². The lowest BCUT2D eigenvalue weighted by Crippen LogP contribution is -2.04. The quantitative estimate of drug-likeness (QED) is 0.720. The lowest BCUT2D eigenvalue weighted by molar-refractivity contribution is -0.0380. The standard InChI is InChI=1S/C14H16O2/c1-3-7-13(8-4-1)9-5-2-6-10-14-15-11-12-16-14/h1-9,14H,10-12H2. The molecule has 1 aliphatic heterocycles. The molecule has 84 valence electrons. The van der Waals surface area contributed by atoms with Crippen molar-refractivity contribution in [2.45, 2.75) is 12.7 Å². The molecule has 0 N–H and O–H groups in total. The Bertz CT molecular complexity index is 348. The van der Waals surface area contributed by atoms with Crippen molar-refractivity contribution in [3.8, 4) is 0 Å². The van der Waals surface area contributed by atoms with Gasteiger partial charge in [0.1, 0.15) is 0 Å². The van der Waals surface area contributed by atoms with Crippen molar-refractivity contribution in [3.05, 3.63) is 54.1 Å². The monoisotopic (exact) mass is 216 g/mol. The van der Waals surface area contributed by atoms with Crippen LogP contribution in [0.3, 0.4) is 0 Å². The smallest absolute Gasteiger partial charge is 0.161 e. The molecule has 0 aliphatic carbocycles. The van der Waals surface area contributed by atoms with Crippen LogP contribution in [0.1, 0.15) is 12.0 Å². The van der Waals surface area contributed by atoms with Crippen LogP contribution in [-0.2, 0) is 9.47 Å². The Balaban J connectivity index is 1.74. The Labute approximate surface area is 96.2 Å². The Morgan fingerprint density at radius 1 is 1.06 bits per heavy atom. The number of hydrogen-bond donors (Lipinski definition) is 0. The minimum absolute atomic E-state index is 0.0404. The lowest BCUT2D eigenvalue weighted by Gasteiger charge is -2.03. The molecule has 2 rings (SSSR count). The van der Waals surface area contributed by atoms with Crippen molar-refractivity contribution >= 4 is 6.08 Å². The van der Waals surface area contributed by atoms with Crippen LogP contribution >= 0.6 is 0 Å². The van der Waals surface area contributed by atoms with Gasteiger partial charge < -0.3 is 9.47 Å². The van der Waals surface area contributed by atoms with Gasteiger partial charge in [0.05, 0.1) is 13.2 Å². The van der Waals surface area contributed by atoms with Crippen molar-refractivity contribution in [2.24, 2.45) is 0 Å². The summed E-state index contributed by atoms with van der Waals surface area (Å²) < 4.78 is 10.6. The zero-order chi connectivity index (χ0) is 11.1. The minimum Gasteiger partial charge on any atom is -0.350 e. The van der Waals surface area contributed by atoms with Gasteiger partial charge in [-0.05, 0) is 5.56 Å². The number of allylic oxidation sites excluding steroid dienone is 2. The molecular formula is C14H16O2. The van der Waals surface area contributed by atoms with Crippen molar-refractivity contribution in [3.63, 3.8) is 0 Å². The van der Waals surface area contributed by atoms with Gasteiger partial charge in [0.15, 0.2) is 6.29 Å². The molecule has 0 spiro atoms. The highest BCUT2D eigenvalue weighted by Gasteiger charge is 2.12. The van der Waals surface area contributed by atoms with E-state index in [0.29, 0.717) is 0 Å². The third kappa shape index (κ3) is 3.65. The summed E-state index contributed by atoms with van der Waals surface area (Å²) in [6, 6.07) is 10.2. The third-order valence-corrected chi connectivity index (χ3v) is 2.35. The summed E-state index contributed by atoms with van der Waals surface area (Å²) in [5.74, 6) is 0. The maximum absolute atomic E-state index is 5.32. The lowest BCUT2D eigenvalue weighted by atomic mass is 10.2. The zero-order valence-corrected chi connectivity index (χ0v) is 9.21. The summed E-state index contributed by atoms with van der Waals surface area (Å²) in [6.45, 7) is 1.44. The van der Waals surface area contributed by atoms with Crippen LogP contribution < -0.4 is 0 Å². The molecule has 0 saturated carbocycles. The van der Waals surface area contributed by atoms with E-state index in [1.54, 1.807) is 0 Å². The Kier molecular flexibility index (Phi) is 4.35. The molecule has 0 bridgehead atoms. The van der Waals surface area contributed by atoms with Crippen molar-refractivity contribution in [1.29, 1.82) is 0 Å². The number of hydrogen-bond acceptors (Lipinski definition) is 2. The highest BCUT2D eigenvalue weighted by Crippen LogP contribution is 2.08. The second-order valence-corrected chi connectivity index (χ2v) is 3.60. The maximum atomic E-state index is 5.32. The van der Waals surface area contributed by atoms with E-state index in [4.69, 9.17) is 9.47 Å². The minimum atomic E-state index is -0.0404. The average molecular weight is 216 g/mol. The summed E-state index contributed by atoms with van der Waals surface area (Å²) in [7, 11) is 0.